The third kappa shape index (κ3) is 3.42. The van der Waals surface area contributed by atoms with Gasteiger partial charge in [-0.1, -0.05) is 12.1 Å². The van der Waals surface area contributed by atoms with Crippen LogP contribution in [0.5, 0.6) is 11.5 Å². The van der Waals surface area contributed by atoms with Crippen molar-refractivity contribution in [2.45, 2.75) is 51.6 Å². The van der Waals surface area contributed by atoms with E-state index in [1.165, 1.54) is 6.92 Å². The number of hydrogen-bond donors (Lipinski definition) is 1. The predicted molar refractivity (Wildman–Crippen MR) is 72.8 cm³/mol. The number of carbonyl (C=O) groups is 1. The van der Waals surface area contributed by atoms with Crippen LogP contribution in [0.3, 0.4) is 0 Å². The zero-order chi connectivity index (χ0) is 14.7. The Kier molecular flexibility index (Phi) is 4.49. The average molecular weight is 280 g/mol. The van der Waals surface area contributed by atoms with Crippen molar-refractivity contribution in [3.8, 4) is 11.5 Å². The van der Waals surface area contributed by atoms with E-state index >= 15 is 0 Å². The van der Waals surface area contributed by atoms with E-state index in [-0.39, 0.29) is 12.2 Å². The predicted octanol–water partition coefficient (Wildman–Crippen LogP) is 1.92. The van der Waals surface area contributed by atoms with Crippen LogP contribution in [0.15, 0.2) is 24.3 Å². The maximum absolute atomic E-state index is 12.1. The first-order valence-electron chi connectivity index (χ1n) is 6.78. The van der Waals surface area contributed by atoms with E-state index in [1.807, 2.05) is 13.0 Å². The number of ether oxygens (including phenoxy) is 3. The molecule has 20 heavy (non-hydrogen) atoms. The van der Waals surface area contributed by atoms with Crippen LogP contribution in [0.25, 0.3) is 0 Å². The van der Waals surface area contributed by atoms with Gasteiger partial charge in [-0.2, -0.15) is 0 Å². The molecule has 0 radical (unpaired) electrons. The number of rotatable bonds is 1. The van der Waals surface area contributed by atoms with Crippen molar-refractivity contribution in [3.63, 3.8) is 0 Å². The average Bonchev–Trinajstić information content (AvgIpc) is 2.35. The molecule has 110 valence electrons. The Labute approximate surface area is 118 Å². The fourth-order valence-electron chi connectivity index (χ4n) is 2.17. The molecular weight excluding hydrogens is 260 g/mol. The van der Waals surface area contributed by atoms with Crippen molar-refractivity contribution in [1.82, 2.24) is 0 Å². The monoisotopic (exact) mass is 280 g/mol. The van der Waals surface area contributed by atoms with E-state index in [0.29, 0.717) is 17.9 Å². The van der Waals surface area contributed by atoms with Gasteiger partial charge < -0.3 is 19.3 Å². The Bertz CT molecular complexity index is 471. The van der Waals surface area contributed by atoms with Crippen LogP contribution in [-0.4, -0.2) is 35.5 Å². The van der Waals surface area contributed by atoms with Gasteiger partial charge in [0.05, 0.1) is 12.2 Å². The van der Waals surface area contributed by atoms with Gasteiger partial charge in [-0.3, -0.25) is 0 Å². The zero-order valence-corrected chi connectivity index (χ0v) is 11.9. The number of carbonyl (C=O) groups excluding carboxylic acids is 1. The van der Waals surface area contributed by atoms with Gasteiger partial charge in [-0.25, -0.2) is 4.79 Å². The topological polar surface area (TPSA) is 65.0 Å². The molecule has 5 nitrogen and oxygen atoms in total. The number of cyclic esters (lactones) is 1. The molecule has 0 amide bonds. The molecule has 5 heteroatoms. The van der Waals surface area contributed by atoms with Gasteiger partial charge in [0.1, 0.15) is 6.10 Å². The Hall–Kier alpha value is -1.75. The van der Waals surface area contributed by atoms with Crippen LogP contribution in [0.4, 0.5) is 0 Å². The highest BCUT2D eigenvalue weighted by Gasteiger charge is 2.31. The molecule has 2 rings (SSSR count). The third-order valence-electron chi connectivity index (χ3n) is 3.08. The SMILES string of the molecule is C[C@@H]1C[C@H](C)Oc2ccccc2OC([C@H](C)O)C(=O)O1. The van der Waals surface area contributed by atoms with Crippen LogP contribution >= 0.6 is 0 Å². The first-order chi connectivity index (χ1) is 9.47. The van der Waals surface area contributed by atoms with E-state index < -0.39 is 18.2 Å². The van der Waals surface area contributed by atoms with Gasteiger partial charge in [0, 0.05) is 6.42 Å². The number of aliphatic hydroxyl groups is 1. The lowest BCUT2D eigenvalue weighted by Gasteiger charge is -2.27. The van der Waals surface area contributed by atoms with E-state index in [0.717, 1.165) is 0 Å². The van der Waals surface area contributed by atoms with Crippen molar-refractivity contribution in [2.24, 2.45) is 0 Å². The van der Waals surface area contributed by atoms with Crippen LogP contribution in [0.2, 0.25) is 0 Å². The second-order valence-electron chi connectivity index (χ2n) is 5.14. The van der Waals surface area contributed by atoms with Gasteiger partial charge >= 0.3 is 5.97 Å². The van der Waals surface area contributed by atoms with Gasteiger partial charge in [0.2, 0.25) is 6.10 Å². The van der Waals surface area contributed by atoms with Crippen molar-refractivity contribution in [2.75, 3.05) is 0 Å². The highest BCUT2D eigenvalue weighted by molar-refractivity contribution is 5.76. The maximum atomic E-state index is 12.1. The first kappa shape index (κ1) is 14.7. The molecule has 0 bridgehead atoms. The van der Waals surface area contributed by atoms with Crippen molar-refractivity contribution >= 4 is 5.97 Å². The summed E-state index contributed by atoms with van der Waals surface area (Å²) >= 11 is 0. The second kappa shape index (κ2) is 6.13. The fourth-order valence-corrected chi connectivity index (χ4v) is 2.17. The Morgan fingerprint density at radius 2 is 1.65 bits per heavy atom. The molecule has 4 atom stereocenters. The Morgan fingerprint density at radius 3 is 2.25 bits per heavy atom. The molecule has 0 saturated carbocycles. The van der Waals surface area contributed by atoms with E-state index in [9.17, 15) is 9.90 Å². The Morgan fingerprint density at radius 1 is 1.10 bits per heavy atom. The smallest absolute Gasteiger partial charge is 0.350 e. The molecule has 1 aliphatic rings. The maximum Gasteiger partial charge on any atom is 0.350 e. The second-order valence-corrected chi connectivity index (χ2v) is 5.14. The van der Waals surface area contributed by atoms with Crippen molar-refractivity contribution < 1.29 is 24.1 Å². The van der Waals surface area contributed by atoms with Crippen LogP contribution < -0.4 is 9.47 Å². The summed E-state index contributed by atoms with van der Waals surface area (Å²) in [5.41, 5.74) is 0. The molecule has 1 unspecified atom stereocenters. The summed E-state index contributed by atoms with van der Waals surface area (Å²) in [5.74, 6) is 0.431. The Balaban J connectivity index is 2.34. The quantitative estimate of drug-likeness (QED) is 0.796. The molecular formula is C15H20O5. The molecule has 1 aromatic rings. The lowest BCUT2D eigenvalue weighted by Crippen LogP contribution is -2.41. The van der Waals surface area contributed by atoms with Gasteiger partial charge in [-0.05, 0) is 32.9 Å². The van der Waals surface area contributed by atoms with Gasteiger partial charge in [0.25, 0.3) is 0 Å². The number of fused-ring (bicyclic) bond motifs is 1. The minimum atomic E-state index is -1.06. The minimum Gasteiger partial charge on any atom is -0.487 e. The lowest BCUT2D eigenvalue weighted by atomic mass is 10.1. The molecule has 0 spiro atoms. The van der Waals surface area contributed by atoms with Gasteiger partial charge in [0.15, 0.2) is 11.5 Å². The minimum absolute atomic E-state index is 0.106. The number of para-hydroxylation sites is 2. The number of benzene rings is 1. The molecule has 1 heterocycles. The summed E-state index contributed by atoms with van der Waals surface area (Å²) in [6, 6.07) is 7.10. The van der Waals surface area contributed by atoms with E-state index in [1.54, 1.807) is 25.1 Å². The van der Waals surface area contributed by atoms with Crippen LogP contribution in [0.1, 0.15) is 27.2 Å². The van der Waals surface area contributed by atoms with Crippen LogP contribution in [-0.2, 0) is 9.53 Å². The number of aliphatic hydroxyl groups excluding tert-OH is 1. The molecule has 1 N–H and O–H groups in total. The molecule has 0 fully saturated rings. The highest BCUT2D eigenvalue weighted by atomic mass is 16.6. The fraction of sp³-hybridized carbons (Fsp3) is 0.533. The standard InChI is InChI=1S/C15H20O5/c1-9-8-10(2)19-15(17)14(11(3)16)20-13-7-5-4-6-12(13)18-9/h4-7,9-11,14,16H,8H2,1-3H3/t9-,10+,11-,14?/m0/s1. The number of esters is 1. The van der Waals surface area contributed by atoms with Crippen molar-refractivity contribution in [3.05, 3.63) is 24.3 Å². The zero-order valence-electron chi connectivity index (χ0n) is 11.9. The first-order valence-corrected chi connectivity index (χ1v) is 6.78. The summed E-state index contributed by atoms with van der Waals surface area (Å²) in [6.45, 7) is 5.20. The lowest BCUT2D eigenvalue weighted by molar-refractivity contribution is -0.163. The molecule has 1 aliphatic heterocycles. The summed E-state index contributed by atoms with van der Waals surface area (Å²) in [5, 5.41) is 9.72. The normalized spacial score (nSPS) is 28.4. The third-order valence-corrected chi connectivity index (χ3v) is 3.08. The summed E-state index contributed by atoms with van der Waals surface area (Å²) in [4.78, 5) is 12.1. The van der Waals surface area contributed by atoms with Gasteiger partial charge in [-0.15, -0.1) is 0 Å². The molecule has 0 aliphatic carbocycles. The van der Waals surface area contributed by atoms with Crippen LogP contribution in [0, 0.1) is 0 Å². The molecule has 1 aromatic carbocycles. The molecule has 0 aromatic heterocycles. The summed E-state index contributed by atoms with van der Waals surface area (Å²) < 4.78 is 16.7. The van der Waals surface area contributed by atoms with Crippen molar-refractivity contribution in [1.29, 1.82) is 0 Å². The van der Waals surface area contributed by atoms with E-state index in [4.69, 9.17) is 14.2 Å². The summed E-state index contributed by atoms with van der Waals surface area (Å²) in [6.07, 6.45) is -1.86. The highest BCUT2D eigenvalue weighted by Crippen LogP contribution is 2.30. The largest absolute Gasteiger partial charge is 0.487 e. The number of hydrogen-bond acceptors (Lipinski definition) is 5. The summed E-state index contributed by atoms with van der Waals surface area (Å²) in [7, 11) is 0. The van der Waals surface area contributed by atoms with E-state index in [2.05, 4.69) is 0 Å². The molecule has 0 saturated heterocycles.